The van der Waals surface area contributed by atoms with Crippen LogP contribution in [0.5, 0.6) is 0 Å². The van der Waals surface area contributed by atoms with Gasteiger partial charge in [-0.25, -0.2) is 17.5 Å². The zero-order chi connectivity index (χ0) is 18.3. The SMILES string of the molecule is CC(C)S(=O)(=O)NCCCCCNc1nnc(-c2ccc(F)cc2)s1. The normalized spacial score (nSPS) is 11.8. The van der Waals surface area contributed by atoms with Gasteiger partial charge in [0.15, 0.2) is 0 Å². The van der Waals surface area contributed by atoms with Crippen LogP contribution in [0, 0.1) is 5.82 Å². The van der Waals surface area contributed by atoms with Crippen molar-refractivity contribution in [2.75, 3.05) is 18.4 Å². The van der Waals surface area contributed by atoms with Crippen molar-refractivity contribution in [1.82, 2.24) is 14.9 Å². The van der Waals surface area contributed by atoms with Gasteiger partial charge >= 0.3 is 0 Å². The Morgan fingerprint density at radius 1 is 1.08 bits per heavy atom. The number of aromatic nitrogens is 2. The minimum absolute atomic E-state index is 0.276. The van der Waals surface area contributed by atoms with Crippen LogP contribution in [0.15, 0.2) is 24.3 Å². The Morgan fingerprint density at radius 3 is 2.44 bits per heavy atom. The molecule has 1 aromatic heterocycles. The van der Waals surface area contributed by atoms with Gasteiger partial charge in [0, 0.05) is 18.7 Å². The Hall–Kier alpha value is -1.58. The topological polar surface area (TPSA) is 84.0 Å². The zero-order valence-corrected chi connectivity index (χ0v) is 16.0. The average molecular weight is 387 g/mol. The van der Waals surface area contributed by atoms with Gasteiger partial charge < -0.3 is 5.32 Å². The van der Waals surface area contributed by atoms with E-state index in [0.29, 0.717) is 6.54 Å². The number of hydrogen-bond acceptors (Lipinski definition) is 6. The fourth-order valence-corrected chi connectivity index (χ4v) is 3.54. The molecule has 25 heavy (non-hydrogen) atoms. The van der Waals surface area contributed by atoms with Crippen LogP contribution < -0.4 is 10.0 Å². The number of nitrogens with one attached hydrogen (secondary N) is 2. The Kier molecular flexibility index (Phi) is 7.27. The van der Waals surface area contributed by atoms with Crippen LogP contribution in [0.2, 0.25) is 0 Å². The molecule has 0 saturated carbocycles. The van der Waals surface area contributed by atoms with E-state index in [4.69, 9.17) is 0 Å². The summed E-state index contributed by atoms with van der Waals surface area (Å²) in [5.74, 6) is -0.276. The molecule has 2 N–H and O–H groups in total. The molecule has 0 aliphatic carbocycles. The lowest BCUT2D eigenvalue weighted by Gasteiger charge is -2.09. The summed E-state index contributed by atoms with van der Waals surface area (Å²) >= 11 is 1.42. The molecule has 0 spiro atoms. The fraction of sp³-hybridized carbons (Fsp3) is 0.500. The predicted octanol–water partition coefficient (Wildman–Crippen LogP) is 3.25. The minimum Gasteiger partial charge on any atom is -0.360 e. The van der Waals surface area contributed by atoms with Gasteiger partial charge in [0.05, 0.1) is 5.25 Å². The van der Waals surface area contributed by atoms with E-state index in [-0.39, 0.29) is 5.82 Å². The van der Waals surface area contributed by atoms with Crippen molar-refractivity contribution in [1.29, 1.82) is 0 Å². The van der Waals surface area contributed by atoms with E-state index in [1.807, 2.05) is 0 Å². The molecule has 2 rings (SSSR count). The van der Waals surface area contributed by atoms with Gasteiger partial charge in [-0.15, -0.1) is 10.2 Å². The molecule has 0 fully saturated rings. The number of sulfonamides is 1. The van der Waals surface area contributed by atoms with E-state index in [2.05, 4.69) is 20.2 Å². The largest absolute Gasteiger partial charge is 0.360 e. The summed E-state index contributed by atoms with van der Waals surface area (Å²) in [6, 6.07) is 6.16. The van der Waals surface area contributed by atoms with Gasteiger partial charge in [0.25, 0.3) is 0 Å². The lowest BCUT2D eigenvalue weighted by molar-refractivity contribution is 0.566. The second-order valence-electron chi connectivity index (χ2n) is 5.89. The molecule has 9 heteroatoms. The Bertz CT molecular complexity index is 761. The highest BCUT2D eigenvalue weighted by atomic mass is 32.2. The number of benzene rings is 1. The van der Waals surface area contributed by atoms with Gasteiger partial charge in [-0.05, 0) is 51.0 Å². The lowest BCUT2D eigenvalue weighted by Crippen LogP contribution is -2.31. The summed E-state index contributed by atoms with van der Waals surface area (Å²) in [7, 11) is -3.17. The standard InChI is InChI=1S/C16H23FN4O2S2/c1-12(2)25(22,23)19-11-5-3-4-10-18-16-21-20-15(24-16)13-6-8-14(17)9-7-13/h6-9,12,19H,3-5,10-11H2,1-2H3,(H,18,21). The van der Waals surface area contributed by atoms with Crippen LogP contribution in [0.3, 0.4) is 0 Å². The van der Waals surface area contributed by atoms with Crippen molar-refractivity contribution < 1.29 is 12.8 Å². The summed E-state index contributed by atoms with van der Waals surface area (Å²) in [6.07, 6.45) is 2.62. The average Bonchev–Trinajstić information content (AvgIpc) is 3.03. The van der Waals surface area contributed by atoms with Crippen molar-refractivity contribution in [3.8, 4) is 10.6 Å². The van der Waals surface area contributed by atoms with Crippen molar-refractivity contribution in [2.45, 2.75) is 38.4 Å². The quantitative estimate of drug-likeness (QED) is 0.612. The molecule has 1 heterocycles. The first-order chi connectivity index (χ1) is 11.9. The smallest absolute Gasteiger partial charge is 0.213 e. The molecule has 0 atom stereocenters. The summed E-state index contributed by atoms with van der Waals surface area (Å²) in [4.78, 5) is 0. The third-order valence-corrected chi connectivity index (χ3v) is 6.35. The summed E-state index contributed by atoms with van der Waals surface area (Å²) in [6.45, 7) is 4.53. The maximum atomic E-state index is 12.9. The van der Waals surface area contributed by atoms with Crippen molar-refractivity contribution in [3.63, 3.8) is 0 Å². The molecule has 0 saturated heterocycles. The van der Waals surface area contributed by atoms with Crippen LogP contribution in [-0.2, 0) is 10.0 Å². The molecule has 0 unspecified atom stereocenters. The number of halogens is 1. The predicted molar refractivity (Wildman–Crippen MR) is 99.7 cm³/mol. The van der Waals surface area contributed by atoms with E-state index in [1.165, 1.54) is 23.5 Å². The molecule has 1 aromatic carbocycles. The van der Waals surface area contributed by atoms with Gasteiger partial charge in [-0.1, -0.05) is 17.8 Å². The molecule has 0 amide bonds. The molecule has 6 nitrogen and oxygen atoms in total. The molecule has 2 aromatic rings. The fourth-order valence-electron chi connectivity index (χ4n) is 2.01. The van der Waals surface area contributed by atoms with Crippen LogP contribution in [0.1, 0.15) is 33.1 Å². The number of hydrogen-bond donors (Lipinski definition) is 2. The summed E-state index contributed by atoms with van der Waals surface area (Å²) in [5, 5.41) is 12.4. The number of nitrogens with zero attached hydrogens (tertiary/aromatic N) is 2. The highest BCUT2D eigenvalue weighted by Gasteiger charge is 2.13. The van der Waals surface area contributed by atoms with Crippen molar-refractivity contribution in [2.24, 2.45) is 0 Å². The molecule has 0 bridgehead atoms. The van der Waals surface area contributed by atoms with Crippen LogP contribution in [-0.4, -0.2) is 37.0 Å². The molecular weight excluding hydrogens is 363 g/mol. The number of rotatable bonds is 10. The second kappa shape index (κ2) is 9.21. The first-order valence-electron chi connectivity index (χ1n) is 8.20. The summed E-state index contributed by atoms with van der Waals surface area (Å²) < 4.78 is 38.7. The molecule has 0 radical (unpaired) electrons. The first kappa shape index (κ1) is 19.7. The van der Waals surface area contributed by atoms with Gasteiger partial charge in [0.1, 0.15) is 10.8 Å². The monoisotopic (exact) mass is 386 g/mol. The second-order valence-corrected chi connectivity index (χ2v) is 9.19. The van der Waals surface area contributed by atoms with Crippen LogP contribution in [0.25, 0.3) is 10.6 Å². The van der Waals surface area contributed by atoms with Crippen LogP contribution >= 0.6 is 11.3 Å². The van der Waals surface area contributed by atoms with E-state index in [9.17, 15) is 12.8 Å². The van der Waals surface area contributed by atoms with Crippen molar-refractivity contribution in [3.05, 3.63) is 30.1 Å². The third kappa shape index (κ3) is 6.33. The van der Waals surface area contributed by atoms with Gasteiger partial charge in [-0.2, -0.15) is 0 Å². The van der Waals surface area contributed by atoms with Crippen LogP contribution in [0.4, 0.5) is 9.52 Å². The maximum Gasteiger partial charge on any atom is 0.213 e. The van der Waals surface area contributed by atoms with Crippen molar-refractivity contribution >= 4 is 26.5 Å². The van der Waals surface area contributed by atoms with E-state index in [1.54, 1.807) is 26.0 Å². The first-order valence-corrected chi connectivity index (χ1v) is 10.6. The number of anilines is 1. The van der Waals surface area contributed by atoms with Gasteiger partial charge in [-0.3, -0.25) is 0 Å². The van der Waals surface area contributed by atoms with E-state index >= 15 is 0 Å². The summed E-state index contributed by atoms with van der Waals surface area (Å²) in [5.41, 5.74) is 0.837. The highest BCUT2D eigenvalue weighted by Crippen LogP contribution is 2.26. The Labute approximate surface area is 151 Å². The molecule has 0 aliphatic rings. The minimum atomic E-state index is -3.17. The third-order valence-electron chi connectivity index (χ3n) is 3.57. The molecular formula is C16H23FN4O2S2. The number of unbranched alkanes of at least 4 members (excludes halogenated alkanes) is 2. The Balaban J connectivity index is 1.65. The maximum absolute atomic E-state index is 12.9. The van der Waals surface area contributed by atoms with E-state index in [0.717, 1.165) is 41.5 Å². The molecule has 138 valence electrons. The zero-order valence-electron chi connectivity index (χ0n) is 14.3. The highest BCUT2D eigenvalue weighted by molar-refractivity contribution is 7.90. The van der Waals surface area contributed by atoms with E-state index < -0.39 is 15.3 Å². The lowest BCUT2D eigenvalue weighted by atomic mass is 10.2. The Morgan fingerprint density at radius 2 is 1.76 bits per heavy atom. The molecule has 0 aliphatic heterocycles. The van der Waals surface area contributed by atoms with Gasteiger partial charge in [0.2, 0.25) is 15.2 Å².